The molecule has 0 radical (unpaired) electrons. The molecule has 1 aromatic rings. The molecule has 0 aliphatic heterocycles. The molecule has 0 atom stereocenters. The van der Waals surface area contributed by atoms with Crippen LogP contribution in [0.4, 0.5) is 4.79 Å². The normalized spacial score (nSPS) is 11.5. The molecule has 0 fully saturated rings. The Hall–Kier alpha value is -1.71. The third-order valence-electron chi connectivity index (χ3n) is 3.12. The number of guanidine groups is 1. The second kappa shape index (κ2) is 13.5. The van der Waals surface area contributed by atoms with Crippen LogP contribution in [0.3, 0.4) is 0 Å². The number of hydrogen-bond donors (Lipinski definition) is 3. The van der Waals surface area contributed by atoms with E-state index >= 15 is 0 Å². The van der Waals surface area contributed by atoms with Gasteiger partial charge in [0, 0.05) is 19.6 Å². The first-order valence-corrected chi connectivity index (χ1v) is 9.44. The maximum absolute atomic E-state index is 11.6. The van der Waals surface area contributed by atoms with Gasteiger partial charge in [0.1, 0.15) is 11.4 Å². The summed E-state index contributed by atoms with van der Waals surface area (Å²) in [7, 11) is 0. The highest BCUT2D eigenvalue weighted by Crippen LogP contribution is 2.15. The number of alkyl carbamates (subject to hydrolysis) is 1. The van der Waals surface area contributed by atoms with Crippen LogP contribution in [0.2, 0.25) is 0 Å². The number of carbonyl (C=O) groups excluding carboxylic acids is 1. The maximum Gasteiger partial charge on any atom is 0.407 e. The molecule has 0 spiro atoms. The predicted molar refractivity (Wildman–Crippen MR) is 125 cm³/mol. The van der Waals surface area contributed by atoms with Crippen LogP contribution in [0.1, 0.15) is 47.1 Å². The number of rotatable bonds is 8. The van der Waals surface area contributed by atoms with E-state index in [0.29, 0.717) is 25.6 Å². The monoisotopic (exact) mass is 506 g/mol. The van der Waals surface area contributed by atoms with Gasteiger partial charge in [-0.3, -0.25) is 0 Å². The van der Waals surface area contributed by atoms with E-state index in [1.54, 1.807) is 0 Å². The number of hydrogen-bond acceptors (Lipinski definition) is 4. The molecule has 0 aliphatic rings. The lowest BCUT2D eigenvalue weighted by atomic mass is 10.2. The number of benzene rings is 1. The van der Waals surface area contributed by atoms with Crippen molar-refractivity contribution in [2.45, 2.75) is 59.8 Å². The van der Waals surface area contributed by atoms with E-state index in [2.05, 4.69) is 20.9 Å². The number of aliphatic imine (C=N–C) groups is 1. The second-order valence-electron chi connectivity index (χ2n) is 7.36. The molecule has 28 heavy (non-hydrogen) atoms. The number of ether oxygens (including phenoxy) is 2. The van der Waals surface area contributed by atoms with Gasteiger partial charge in [-0.2, -0.15) is 0 Å². The molecule has 1 aromatic carbocycles. The Kier molecular flexibility index (Phi) is 12.6. The highest BCUT2D eigenvalue weighted by molar-refractivity contribution is 14.0. The molecule has 1 amide bonds. The largest absolute Gasteiger partial charge is 0.491 e. The minimum atomic E-state index is -0.498. The summed E-state index contributed by atoms with van der Waals surface area (Å²) in [6.07, 6.45) is -0.284. The van der Waals surface area contributed by atoms with Gasteiger partial charge in [-0.1, -0.05) is 12.1 Å². The average Bonchev–Trinajstić information content (AvgIpc) is 2.54. The van der Waals surface area contributed by atoms with Crippen LogP contribution >= 0.6 is 24.0 Å². The zero-order valence-electron chi connectivity index (χ0n) is 17.8. The average molecular weight is 506 g/mol. The van der Waals surface area contributed by atoms with Crippen LogP contribution in [0.15, 0.2) is 29.3 Å². The van der Waals surface area contributed by atoms with Crippen LogP contribution in [0.25, 0.3) is 0 Å². The Morgan fingerprint density at radius 2 is 1.82 bits per heavy atom. The topological polar surface area (TPSA) is 84.0 Å². The summed E-state index contributed by atoms with van der Waals surface area (Å²) >= 11 is 0. The summed E-state index contributed by atoms with van der Waals surface area (Å²) in [5.74, 6) is 1.54. The van der Waals surface area contributed by atoms with E-state index in [1.807, 2.05) is 65.8 Å². The third kappa shape index (κ3) is 12.6. The van der Waals surface area contributed by atoms with Crippen molar-refractivity contribution in [2.75, 3.05) is 19.6 Å². The van der Waals surface area contributed by atoms with Crippen molar-refractivity contribution >= 4 is 36.0 Å². The molecular formula is C20H35IN4O3. The summed E-state index contributed by atoms with van der Waals surface area (Å²) in [5.41, 5.74) is 0.569. The van der Waals surface area contributed by atoms with E-state index < -0.39 is 11.7 Å². The van der Waals surface area contributed by atoms with Gasteiger partial charge in [0.25, 0.3) is 0 Å². The van der Waals surface area contributed by atoms with E-state index in [4.69, 9.17) is 9.47 Å². The number of halogens is 1. The molecule has 8 heteroatoms. The SMILES string of the molecule is CCNC(=NCc1cccc(OC(C)C)c1)NCCNC(=O)OC(C)(C)C.I. The lowest BCUT2D eigenvalue weighted by molar-refractivity contribution is 0.0529. The van der Waals surface area contributed by atoms with Crippen molar-refractivity contribution in [3.63, 3.8) is 0 Å². The van der Waals surface area contributed by atoms with Gasteiger partial charge in [-0.05, 0) is 59.2 Å². The molecule has 3 N–H and O–H groups in total. The molecule has 1 rings (SSSR count). The fourth-order valence-corrected chi connectivity index (χ4v) is 2.16. The van der Waals surface area contributed by atoms with Crippen LogP contribution < -0.4 is 20.7 Å². The van der Waals surface area contributed by atoms with Crippen LogP contribution in [-0.4, -0.2) is 43.4 Å². The van der Waals surface area contributed by atoms with Crippen LogP contribution in [-0.2, 0) is 11.3 Å². The number of carbonyl (C=O) groups is 1. The number of amides is 1. The summed E-state index contributed by atoms with van der Waals surface area (Å²) < 4.78 is 10.9. The van der Waals surface area contributed by atoms with Gasteiger partial charge in [0.2, 0.25) is 0 Å². The van der Waals surface area contributed by atoms with Crippen molar-refractivity contribution in [2.24, 2.45) is 4.99 Å². The Morgan fingerprint density at radius 3 is 2.43 bits per heavy atom. The Labute approximate surface area is 186 Å². The van der Waals surface area contributed by atoms with Crippen molar-refractivity contribution in [1.29, 1.82) is 0 Å². The summed E-state index contributed by atoms with van der Waals surface area (Å²) in [4.78, 5) is 16.2. The lowest BCUT2D eigenvalue weighted by Crippen LogP contribution is -2.42. The minimum absolute atomic E-state index is 0. The predicted octanol–water partition coefficient (Wildman–Crippen LogP) is 3.67. The fourth-order valence-electron chi connectivity index (χ4n) is 2.16. The van der Waals surface area contributed by atoms with Gasteiger partial charge < -0.3 is 25.4 Å². The molecule has 0 saturated heterocycles. The molecule has 0 unspecified atom stereocenters. The molecule has 0 aromatic heterocycles. The Bertz CT molecular complexity index is 616. The smallest absolute Gasteiger partial charge is 0.407 e. The first-order chi connectivity index (χ1) is 12.7. The number of nitrogens with one attached hydrogen (secondary N) is 3. The van der Waals surface area contributed by atoms with E-state index in [-0.39, 0.29) is 30.1 Å². The molecular weight excluding hydrogens is 471 g/mol. The number of nitrogens with zero attached hydrogens (tertiary/aromatic N) is 1. The summed E-state index contributed by atoms with van der Waals surface area (Å²) in [6, 6.07) is 7.92. The van der Waals surface area contributed by atoms with E-state index in [0.717, 1.165) is 17.9 Å². The molecule has 160 valence electrons. The van der Waals surface area contributed by atoms with Crippen molar-refractivity contribution in [3.05, 3.63) is 29.8 Å². The Morgan fingerprint density at radius 1 is 1.14 bits per heavy atom. The second-order valence-corrected chi connectivity index (χ2v) is 7.36. The van der Waals surface area contributed by atoms with Gasteiger partial charge in [-0.15, -0.1) is 24.0 Å². The first kappa shape index (κ1) is 26.3. The zero-order chi connectivity index (χ0) is 20.3. The van der Waals surface area contributed by atoms with Gasteiger partial charge >= 0.3 is 6.09 Å². The summed E-state index contributed by atoms with van der Waals surface area (Å²) in [5, 5.41) is 9.10. The van der Waals surface area contributed by atoms with Crippen molar-refractivity contribution < 1.29 is 14.3 Å². The minimum Gasteiger partial charge on any atom is -0.491 e. The summed E-state index contributed by atoms with van der Waals surface area (Å²) in [6.45, 7) is 13.8. The quantitative estimate of drug-likeness (QED) is 0.217. The molecule has 0 bridgehead atoms. The van der Waals surface area contributed by atoms with Crippen molar-refractivity contribution in [1.82, 2.24) is 16.0 Å². The first-order valence-electron chi connectivity index (χ1n) is 9.44. The van der Waals surface area contributed by atoms with Crippen molar-refractivity contribution in [3.8, 4) is 5.75 Å². The molecule has 0 aliphatic carbocycles. The molecule has 7 nitrogen and oxygen atoms in total. The standard InChI is InChI=1S/C20H34N4O3.HI/c1-7-21-18(22-11-12-23-19(25)27-20(4,5)6)24-14-16-9-8-10-17(13-16)26-15(2)3;/h8-10,13,15H,7,11-12,14H2,1-6H3,(H,23,25)(H2,21,22,24);1H. The zero-order valence-corrected chi connectivity index (χ0v) is 20.1. The highest BCUT2D eigenvalue weighted by Gasteiger charge is 2.15. The lowest BCUT2D eigenvalue weighted by Gasteiger charge is -2.19. The van der Waals surface area contributed by atoms with E-state index in [1.165, 1.54) is 0 Å². The van der Waals surface area contributed by atoms with E-state index in [9.17, 15) is 4.79 Å². The van der Waals surface area contributed by atoms with Crippen LogP contribution in [0, 0.1) is 0 Å². The van der Waals surface area contributed by atoms with Gasteiger partial charge in [-0.25, -0.2) is 9.79 Å². The Balaban J connectivity index is 0.00000729. The fraction of sp³-hybridized carbons (Fsp3) is 0.600. The van der Waals surface area contributed by atoms with Gasteiger partial charge in [0.15, 0.2) is 5.96 Å². The third-order valence-corrected chi connectivity index (χ3v) is 3.12. The molecule has 0 heterocycles. The van der Waals surface area contributed by atoms with Gasteiger partial charge in [0.05, 0.1) is 12.6 Å². The maximum atomic E-state index is 11.6. The van der Waals surface area contributed by atoms with Crippen LogP contribution in [0.5, 0.6) is 5.75 Å². The highest BCUT2D eigenvalue weighted by atomic mass is 127. The molecule has 0 saturated carbocycles.